The van der Waals surface area contributed by atoms with Crippen molar-refractivity contribution >= 4 is 34.1 Å². The Bertz CT molecular complexity index is 1450. The van der Waals surface area contributed by atoms with Crippen LogP contribution in [0.3, 0.4) is 0 Å². The highest BCUT2D eigenvalue weighted by Gasteiger charge is 2.50. The van der Waals surface area contributed by atoms with Crippen molar-refractivity contribution in [3.05, 3.63) is 82.9 Å². The van der Waals surface area contributed by atoms with Gasteiger partial charge in [-0.05, 0) is 54.9 Å². The second kappa shape index (κ2) is 9.19. The molecular formula is C30H32ClN5O. The lowest BCUT2D eigenvalue weighted by Gasteiger charge is -2.60. The number of hydrogen-bond donors (Lipinski definition) is 2. The van der Waals surface area contributed by atoms with Crippen molar-refractivity contribution in [2.45, 2.75) is 19.9 Å². The molecule has 2 fully saturated rings. The van der Waals surface area contributed by atoms with Crippen molar-refractivity contribution in [3.8, 4) is 11.3 Å². The highest BCUT2D eigenvalue weighted by atomic mass is 35.5. The van der Waals surface area contributed by atoms with Crippen LogP contribution in [0.25, 0.3) is 22.2 Å². The second-order valence-corrected chi connectivity index (χ2v) is 11.5. The van der Waals surface area contributed by atoms with Crippen LogP contribution in [0.1, 0.15) is 35.8 Å². The summed E-state index contributed by atoms with van der Waals surface area (Å²) in [5.74, 6) is 0.0541. The van der Waals surface area contributed by atoms with Gasteiger partial charge in [0.25, 0.3) is 5.91 Å². The summed E-state index contributed by atoms with van der Waals surface area (Å²) in [5, 5.41) is 12.5. The Morgan fingerprint density at radius 1 is 1.03 bits per heavy atom. The highest BCUT2D eigenvalue weighted by molar-refractivity contribution is 6.31. The van der Waals surface area contributed by atoms with E-state index in [0.29, 0.717) is 16.0 Å². The monoisotopic (exact) mass is 513 g/mol. The molecular weight excluding hydrogens is 482 g/mol. The number of hydrogen-bond acceptors (Lipinski definition) is 4. The maximum Gasteiger partial charge on any atom is 0.251 e. The first kappa shape index (κ1) is 24.0. The van der Waals surface area contributed by atoms with E-state index in [1.165, 1.54) is 18.8 Å². The van der Waals surface area contributed by atoms with Gasteiger partial charge >= 0.3 is 0 Å². The van der Waals surface area contributed by atoms with Crippen molar-refractivity contribution in [2.75, 3.05) is 38.1 Å². The van der Waals surface area contributed by atoms with E-state index < -0.39 is 0 Å². The molecule has 1 spiro atoms. The Labute approximate surface area is 222 Å². The van der Waals surface area contributed by atoms with Gasteiger partial charge in [0.1, 0.15) is 0 Å². The summed E-state index contributed by atoms with van der Waals surface area (Å²) >= 11 is 6.45. The third-order valence-corrected chi connectivity index (χ3v) is 8.13. The molecule has 7 heteroatoms. The molecule has 1 amide bonds. The molecule has 0 aliphatic carbocycles. The van der Waals surface area contributed by atoms with E-state index in [1.807, 2.05) is 42.5 Å². The molecule has 2 N–H and O–H groups in total. The number of likely N-dealkylation sites (tertiary alicyclic amines) is 1. The number of anilines is 1. The second-order valence-electron chi connectivity index (χ2n) is 11.1. The van der Waals surface area contributed by atoms with Gasteiger partial charge in [-0.1, -0.05) is 55.8 Å². The lowest BCUT2D eigenvalue weighted by atomic mass is 9.73. The average Bonchev–Trinajstić information content (AvgIpc) is 3.27. The fraction of sp³-hybridized carbons (Fsp3) is 0.333. The zero-order chi connectivity index (χ0) is 25.7. The van der Waals surface area contributed by atoms with Gasteiger partial charge in [0.2, 0.25) is 0 Å². The van der Waals surface area contributed by atoms with Crippen molar-refractivity contribution in [1.29, 1.82) is 0 Å². The molecule has 1 atom stereocenters. The van der Waals surface area contributed by atoms with Crippen molar-refractivity contribution in [3.63, 3.8) is 0 Å². The van der Waals surface area contributed by atoms with Crippen LogP contribution in [-0.4, -0.2) is 54.2 Å². The molecule has 1 aromatic heterocycles. The lowest BCUT2D eigenvalue weighted by molar-refractivity contribution is -0.00238. The third-order valence-electron chi connectivity index (χ3n) is 7.79. The molecule has 4 aromatic rings. The Morgan fingerprint density at radius 2 is 1.76 bits per heavy atom. The zero-order valence-electron chi connectivity index (χ0n) is 21.5. The number of fused-ring (bicyclic) bond motifs is 1. The Morgan fingerprint density at radius 3 is 2.43 bits per heavy atom. The van der Waals surface area contributed by atoms with E-state index in [0.717, 1.165) is 40.8 Å². The quantitative estimate of drug-likeness (QED) is 0.344. The number of aromatic nitrogens is 2. The first-order chi connectivity index (χ1) is 17.8. The summed E-state index contributed by atoms with van der Waals surface area (Å²) in [6.45, 7) is 8.83. The number of carbonyl (C=O) groups excluding carboxylic acids is 1. The molecule has 190 valence electrons. The smallest absolute Gasteiger partial charge is 0.251 e. The van der Waals surface area contributed by atoms with Crippen LogP contribution in [0.4, 0.5) is 5.69 Å². The van der Waals surface area contributed by atoms with Gasteiger partial charge in [-0.2, -0.15) is 5.10 Å². The van der Waals surface area contributed by atoms with E-state index in [9.17, 15) is 4.79 Å². The number of H-pyrrole nitrogens is 1. The molecule has 0 saturated carbocycles. The minimum Gasteiger partial charge on any atom is -0.370 e. The van der Waals surface area contributed by atoms with Crippen molar-refractivity contribution in [2.24, 2.45) is 11.3 Å². The van der Waals surface area contributed by atoms with Gasteiger partial charge in [0.05, 0.1) is 17.3 Å². The van der Waals surface area contributed by atoms with Gasteiger partial charge in [-0.15, -0.1) is 0 Å². The van der Waals surface area contributed by atoms with E-state index in [1.54, 1.807) is 0 Å². The van der Waals surface area contributed by atoms with Crippen LogP contribution < -0.4 is 10.2 Å². The molecule has 0 bridgehead atoms. The maximum atomic E-state index is 13.3. The fourth-order valence-corrected chi connectivity index (χ4v) is 6.26. The van der Waals surface area contributed by atoms with Crippen LogP contribution in [0.5, 0.6) is 0 Å². The normalized spacial score (nSPS) is 17.6. The molecule has 6 rings (SSSR count). The molecule has 37 heavy (non-hydrogen) atoms. The topological polar surface area (TPSA) is 64.3 Å². The van der Waals surface area contributed by atoms with Crippen LogP contribution in [0.2, 0.25) is 5.02 Å². The summed E-state index contributed by atoms with van der Waals surface area (Å²) in [4.78, 5) is 18.2. The number of benzene rings is 3. The maximum absolute atomic E-state index is 13.3. The van der Waals surface area contributed by atoms with Gasteiger partial charge in [-0.3, -0.25) is 9.89 Å². The van der Waals surface area contributed by atoms with Crippen LogP contribution in [-0.2, 0) is 0 Å². The minimum atomic E-state index is -0.186. The zero-order valence-corrected chi connectivity index (χ0v) is 22.2. The fourth-order valence-electron chi connectivity index (χ4n) is 6.01. The summed E-state index contributed by atoms with van der Waals surface area (Å²) in [7, 11) is 2.19. The number of rotatable bonds is 6. The molecule has 6 nitrogen and oxygen atoms in total. The first-order valence-electron chi connectivity index (χ1n) is 12.9. The van der Waals surface area contributed by atoms with Crippen LogP contribution in [0.15, 0.2) is 66.7 Å². The number of nitrogens with zero attached hydrogens (tertiary/aromatic N) is 3. The van der Waals surface area contributed by atoms with Gasteiger partial charge in [0, 0.05) is 58.8 Å². The average molecular weight is 514 g/mol. The molecule has 2 aliphatic rings. The molecule has 3 heterocycles. The molecule has 1 unspecified atom stereocenters. The van der Waals surface area contributed by atoms with Gasteiger partial charge in [-0.25, -0.2) is 0 Å². The van der Waals surface area contributed by atoms with E-state index in [2.05, 4.69) is 70.5 Å². The third kappa shape index (κ3) is 4.38. The predicted octanol–water partition coefficient (Wildman–Crippen LogP) is 5.76. The van der Waals surface area contributed by atoms with E-state index in [4.69, 9.17) is 11.6 Å². The molecule has 2 aliphatic heterocycles. The number of halogens is 1. The molecule has 3 aromatic carbocycles. The number of carbonyl (C=O) groups is 1. The first-order valence-corrected chi connectivity index (χ1v) is 13.3. The Balaban J connectivity index is 1.22. The molecule has 0 radical (unpaired) electrons. The van der Waals surface area contributed by atoms with Crippen molar-refractivity contribution < 1.29 is 4.79 Å². The van der Waals surface area contributed by atoms with E-state index >= 15 is 0 Å². The summed E-state index contributed by atoms with van der Waals surface area (Å²) in [6, 6.07) is 21.8. The van der Waals surface area contributed by atoms with Crippen LogP contribution >= 0.6 is 11.6 Å². The van der Waals surface area contributed by atoms with Gasteiger partial charge in [0.15, 0.2) is 0 Å². The summed E-state index contributed by atoms with van der Waals surface area (Å²) in [6.07, 6.45) is 0. The summed E-state index contributed by atoms with van der Waals surface area (Å²) in [5.41, 5.74) is 6.06. The Hall–Kier alpha value is -3.35. The lowest BCUT2D eigenvalue weighted by Crippen LogP contribution is -2.71. The van der Waals surface area contributed by atoms with Crippen molar-refractivity contribution in [1.82, 2.24) is 20.4 Å². The molecule has 2 saturated heterocycles. The van der Waals surface area contributed by atoms with Crippen LogP contribution in [0, 0.1) is 11.3 Å². The number of amides is 1. The Kier molecular flexibility index (Phi) is 5.97. The standard InChI is InChI=1S/C30H32ClN5O/c1-19(2)27(23-6-4-5-7-25(23)31)32-29(37)21-10-13-26-24(14-21)28(34-33-26)20-8-11-22(12-9-20)36-17-30(18-36)15-35(3)16-30/h4-14,19,27H,15-18H2,1-3H3,(H,32,37)(H,33,34). The predicted molar refractivity (Wildman–Crippen MR) is 150 cm³/mol. The number of nitrogens with one attached hydrogen (secondary N) is 2. The number of aromatic amines is 1. The van der Waals surface area contributed by atoms with E-state index in [-0.39, 0.29) is 17.9 Å². The minimum absolute atomic E-state index is 0.128. The largest absolute Gasteiger partial charge is 0.370 e. The highest BCUT2D eigenvalue weighted by Crippen LogP contribution is 2.41. The SMILES string of the molecule is CC(C)C(NC(=O)c1ccc2[nH]nc(-c3ccc(N4CC5(CN(C)C5)C4)cc3)c2c1)c1ccccc1Cl. The van der Waals surface area contributed by atoms with Gasteiger partial charge < -0.3 is 15.1 Å². The summed E-state index contributed by atoms with van der Waals surface area (Å²) < 4.78 is 0.